The first-order chi connectivity index (χ1) is 12.9. The van der Waals surface area contributed by atoms with E-state index in [9.17, 15) is 14.9 Å². The van der Waals surface area contributed by atoms with Gasteiger partial charge in [-0.1, -0.05) is 29.8 Å². The Bertz CT molecular complexity index is 985. The van der Waals surface area contributed by atoms with Crippen LogP contribution in [0.25, 0.3) is 0 Å². The SMILES string of the molecule is Cc1ccc(Oc2ccccc2NC(=O)Cn2cc(Br)c([N+](=O)[O-])n2)cc1. The van der Waals surface area contributed by atoms with Gasteiger partial charge < -0.3 is 20.2 Å². The standard InChI is InChI=1S/C18H15BrN4O4/c1-12-6-8-13(9-7-12)27-16-5-3-2-4-15(16)20-17(24)11-22-10-14(19)18(21-22)23(25)26/h2-10H,11H2,1H3,(H,20,24). The topological polar surface area (TPSA) is 99.3 Å². The molecule has 0 radical (unpaired) electrons. The van der Waals surface area contributed by atoms with Crippen LogP contribution in [0.3, 0.4) is 0 Å². The van der Waals surface area contributed by atoms with E-state index in [2.05, 4.69) is 26.3 Å². The van der Waals surface area contributed by atoms with E-state index in [1.165, 1.54) is 10.9 Å². The quantitative estimate of drug-likeness (QED) is 0.464. The van der Waals surface area contributed by atoms with Crippen molar-refractivity contribution in [1.82, 2.24) is 9.78 Å². The molecule has 0 spiro atoms. The zero-order chi connectivity index (χ0) is 19.4. The monoisotopic (exact) mass is 430 g/mol. The lowest BCUT2D eigenvalue weighted by Crippen LogP contribution is -2.19. The number of para-hydroxylation sites is 2. The van der Waals surface area contributed by atoms with Crippen LogP contribution in [-0.2, 0) is 11.3 Å². The molecule has 0 fully saturated rings. The Labute approximate surface area is 163 Å². The highest BCUT2D eigenvalue weighted by Gasteiger charge is 2.20. The molecule has 138 valence electrons. The number of benzene rings is 2. The third-order valence-electron chi connectivity index (χ3n) is 3.59. The molecule has 0 aliphatic rings. The number of amides is 1. The van der Waals surface area contributed by atoms with Crippen LogP contribution in [0.2, 0.25) is 0 Å². The molecule has 0 unspecified atom stereocenters. The number of nitro groups is 1. The molecule has 0 bridgehead atoms. The minimum Gasteiger partial charge on any atom is -0.455 e. The van der Waals surface area contributed by atoms with Crippen molar-refractivity contribution in [3.63, 3.8) is 0 Å². The van der Waals surface area contributed by atoms with Crippen LogP contribution in [0.5, 0.6) is 11.5 Å². The minimum atomic E-state index is -0.622. The van der Waals surface area contributed by atoms with Crippen molar-refractivity contribution >= 4 is 33.3 Å². The Kier molecular flexibility index (Phi) is 5.51. The van der Waals surface area contributed by atoms with Gasteiger partial charge in [-0.2, -0.15) is 4.68 Å². The number of aryl methyl sites for hydroxylation is 1. The van der Waals surface area contributed by atoms with Crippen molar-refractivity contribution in [3.05, 3.63) is 74.9 Å². The van der Waals surface area contributed by atoms with Crippen molar-refractivity contribution in [2.45, 2.75) is 13.5 Å². The first-order valence-electron chi connectivity index (χ1n) is 7.93. The zero-order valence-electron chi connectivity index (χ0n) is 14.3. The molecule has 0 aliphatic heterocycles. The molecular formula is C18H15BrN4O4. The van der Waals surface area contributed by atoms with Gasteiger partial charge in [-0.25, -0.2) is 0 Å². The highest BCUT2D eigenvalue weighted by Crippen LogP contribution is 2.29. The van der Waals surface area contributed by atoms with Crippen molar-refractivity contribution < 1.29 is 14.5 Å². The van der Waals surface area contributed by atoms with E-state index in [1.807, 2.05) is 31.2 Å². The van der Waals surface area contributed by atoms with E-state index >= 15 is 0 Å². The summed E-state index contributed by atoms with van der Waals surface area (Å²) in [6, 6.07) is 14.6. The Hall–Kier alpha value is -3.20. The summed E-state index contributed by atoms with van der Waals surface area (Å²) in [5.41, 5.74) is 1.60. The van der Waals surface area contributed by atoms with Crippen LogP contribution in [0, 0.1) is 17.0 Å². The highest BCUT2D eigenvalue weighted by atomic mass is 79.9. The Morgan fingerprint density at radius 1 is 1.26 bits per heavy atom. The molecule has 27 heavy (non-hydrogen) atoms. The first-order valence-corrected chi connectivity index (χ1v) is 8.72. The van der Waals surface area contributed by atoms with Gasteiger partial charge in [0.05, 0.1) is 17.0 Å². The van der Waals surface area contributed by atoms with Gasteiger partial charge >= 0.3 is 5.82 Å². The van der Waals surface area contributed by atoms with Gasteiger partial charge in [0.15, 0.2) is 5.75 Å². The summed E-state index contributed by atoms with van der Waals surface area (Å²) in [5.74, 6) is 0.405. The van der Waals surface area contributed by atoms with E-state index in [1.54, 1.807) is 24.3 Å². The number of carbonyl (C=O) groups is 1. The third-order valence-corrected chi connectivity index (χ3v) is 4.15. The molecule has 2 aromatic carbocycles. The van der Waals surface area contributed by atoms with Crippen molar-refractivity contribution in [1.29, 1.82) is 0 Å². The predicted molar refractivity (Wildman–Crippen MR) is 103 cm³/mol. The van der Waals surface area contributed by atoms with Gasteiger partial charge in [-0.3, -0.25) is 4.79 Å². The molecule has 1 N–H and O–H groups in total. The number of nitrogens with one attached hydrogen (secondary N) is 1. The number of rotatable bonds is 6. The van der Waals surface area contributed by atoms with Crippen molar-refractivity contribution in [2.24, 2.45) is 0 Å². The number of halogens is 1. The molecule has 0 saturated heterocycles. The van der Waals surface area contributed by atoms with Crippen LogP contribution >= 0.6 is 15.9 Å². The second kappa shape index (κ2) is 8.00. The number of nitrogens with zero attached hydrogens (tertiary/aromatic N) is 3. The van der Waals surface area contributed by atoms with Crippen LogP contribution in [-0.4, -0.2) is 20.6 Å². The molecule has 9 heteroatoms. The van der Waals surface area contributed by atoms with E-state index in [-0.39, 0.29) is 22.7 Å². The van der Waals surface area contributed by atoms with E-state index in [0.717, 1.165) is 5.56 Å². The summed E-state index contributed by atoms with van der Waals surface area (Å²) in [5, 5.41) is 17.3. The fourth-order valence-corrected chi connectivity index (χ4v) is 2.78. The molecule has 1 amide bonds. The molecule has 1 heterocycles. The second-order valence-electron chi connectivity index (χ2n) is 5.71. The van der Waals surface area contributed by atoms with E-state index in [4.69, 9.17) is 4.74 Å². The number of aromatic nitrogens is 2. The number of ether oxygens (including phenoxy) is 1. The second-order valence-corrected chi connectivity index (χ2v) is 6.57. The normalized spacial score (nSPS) is 10.4. The molecule has 3 aromatic rings. The Balaban J connectivity index is 1.71. The van der Waals surface area contributed by atoms with Crippen LogP contribution in [0.1, 0.15) is 5.56 Å². The van der Waals surface area contributed by atoms with E-state index in [0.29, 0.717) is 17.2 Å². The average Bonchev–Trinajstić information content (AvgIpc) is 2.99. The maximum atomic E-state index is 12.3. The Morgan fingerprint density at radius 2 is 1.96 bits per heavy atom. The molecule has 0 aliphatic carbocycles. The van der Waals surface area contributed by atoms with Gasteiger partial charge in [0.2, 0.25) is 5.91 Å². The lowest BCUT2D eigenvalue weighted by atomic mass is 10.2. The largest absolute Gasteiger partial charge is 0.455 e. The Morgan fingerprint density at radius 3 is 2.63 bits per heavy atom. The zero-order valence-corrected chi connectivity index (χ0v) is 15.8. The summed E-state index contributed by atoms with van der Waals surface area (Å²) in [6.07, 6.45) is 1.38. The fraction of sp³-hybridized carbons (Fsp3) is 0.111. The summed E-state index contributed by atoms with van der Waals surface area (Å²) >= 11 is 3.05. The molecular weight excluding hydrogens is 416 g/mol. The minimum absolute atomic E-state index is 0.175. The van der Waals surface area contributed by atoms with Crippen LogP contribution in [0.15, 0.2) is 59.2 Å². The number of hydrogen-bond donors (Lipinski definition) is 1. The lowest BCUT2D eigenvalue weighted by molar-refractivity contribution is -0.390. The predicted octanol–water partition coefficient (Wildman–Crippen LogP) is 4.29. The van der Waals surface area contributed by atoms with Gasteiger partial charge in [-0.15, -0.1) is 0 Å². The molecule has 3 rings (SSSR count). The highest BCUT2D eigenvalue weighted by molar-refractivity contribution is 9.10. The number of hydrogen-bond acceptors (Lipinski definition) is 5. The molecule has 0 atom stereocenters. The molecule has 1 aromatic heterocycles. The van der Waals surface area contributed by atoms with Gasteiger partial charge in [0, 0.05) is 0 Å². The van der Waals surface area contributed by atoms with Gasteiger partial charge in [-0.05, 0) is 52.0 Å². The lowest BCUT2D eigenvalue weighted by Gasteiger charge is -2.12. The molecule has 8 nitrogen and oxygen atoms in total. The van der Waals surface area contributed by atoms with Gasteiger partial charge in [0.25, 0.3) is 0 Å². The van der Waals surface area contributed by atoms with Crippen LogP contribution in [0.4, 0.5) is 11.5 Å². The average molecular weight is 431 g/mol. The first kappa shape index (κ1) is 18.6. The number of carbonyl (C=O) groups excluding carboxylic acids is 1. The smallest absolute Gasteiger partial charge is 0.404 e. The van der Waals surface area contributed by atoms with Crippen LogP contribution < -0.4 is 10.1 Å². The fourth-order valence-electron chi connectivity index (χ4n) is 2.32. The maximum absolute atomic E-state index is 12.3. The van der Waals surface area contributed by atoms with Gasteiger partial charge in [0.1, 0.15) is 16.8 Å². The summed E-state index contributed by atoms with van der Waals surface area (Å²) < 4.78 is 7.24. The maximum Gasteiger partial charge on any atom is 0.404 e. The summed E-state index contributed by atoms with van der Waals surface area (Å²) in [4.78, 5) is 22.5. The summed E-state index contributed by atoms with van der Waals surface area (Å²) in [7, 11) is 0. The third kappa shape index (κ3) is 4.70. The van der Waals surface area contributed by atoms with E-state index < -0.39 is 4.92 Å². The van der Waals surface area contributed by atoms with Crippen molar-refractivity contribution in [3.8, 4) is 11.5 Å². The summed E-state index contributed by atoms with van der Waals surface area (Å²) in [6.45, 7) is 1.81. The number of anilines is 1. The molecule has 0 saturated carbocycles. The van der Waals surface area contributed by atoms with Crippen molar-refractivity contribution in [2.75, 3.05) is 5.32 Å².